The number of unbranched alkanes of at least 4 members (excludes halogenated alkanes) is 1. The standard InChI is InChI=1S/C11H15ClFNS/c1-15-7-3-2-6-14-11-5-4-9(13)8-10(11)12/h4-5,8,14H,2-3,6-7H2,1H3. The lowest BCUT2D eigenvalue weighted by Crippen LogP contribution is -2.02. The molecule has 0 aromatic heterocycles. The highest BCUT2D eigenvalue weighted by molar-refractivity contribution is 7.98. The molecule has 4 heteroatoms. The maximum atomic E-state index is 12.7. The second kappa shape index (κ2) is 6.96. The van der Waals surface area contributed by atoms with Crippen LogP contribution in [0.2, 0.25) is 5.02 Å². The summed E-state index contributed by atoms with van der Waals surface area (Å²) in [5.41, 5.74) is 0.808. The Balaban J connectivity index is 2.31. The van der Waals surface area contributed by atoms with Crippen LogP contribution in [-0.4, -0.2) is 18.6 Å². The summed E-state index contributed by atoms with van der Waals surface area (Å²) < 4.78 is 12.7. The number of nitrogens with one attached hydrogen (secondary N) is 1. The third-order valence-electron chi connectivity index (χ3n) is 2.02. The molecule has 0 spiro atoms. The van der Waals surface area contributed by atoms with Crippen LogP contribution in [0, 0.1) is 5.82 Å². The van der Waals surface area contributed by atoms with Gasteiger partial charge in [0.2, 0.25) is 0 Å². The largest absolute Gasteiger partial charge is 0.384 e. The van der Waals surface area contributed by atoms with E-state index in [2.05, 4.69) is 11.6 Å². The highest BCUT2D eigenvalue weighted by atomic mass is 35.5. The Kier molecular flexibility index (Phi) is 5.88. The van der Waals surface area contributed by atoms with Crippen molar-refractivity contribution in [2.45, 2.75) is 12.8 Å². The van der Waals surface area contributed by atoms with E-state index in [9.17, 15) is 4.39 Å². The number of hydrogen-bond acceptors (Lipinski definition) is 2. The Labute approximate surface area is 99.4 Å². The van der Waals surface area contributed by atoms with Gasteiger partial charge in [-0.1, -0.05) is 11.6 Å². The van der Waals surface area contributed by atoms with Crippen molar-refractivity contribution in [1.29, 1.82) is 0 Å². The molecular formula is C11H15ClFNS. The van der Waals surface area contributed by atoms with Crippen molar-refractivity contribution >= 4 is 29.1 Å². The Morgan fingerprint density at radius 3 is 2.87 bits per heavy atom. The van der Waals surface area contributed by atoms with Crippen LogP contribution in [0.3, 0.4) is 0 Å². The quantitative estimate of drug-likeness (QED) is 0.762. The molecule has 0 amide bonds. The van der Waals surface area contributed by atoms with E-state index < -0.39 is 0 Å². The third-order valence-corrected chi connectivity index (χ3v) is 3.03. The van der Waals surface area contributed by atoms with Crippen molar-refractivity contribution < 1.29 is 4.39 Å². The first-order chi connectivity index (χ1) is 7.24. The van der Waals surface area contributed by atoms with Gasteiger partial charge in [-0.3, -0.25) is 0 Å². The molecule has 0 aliphatic heterocycles. The summed E-state index contributed by atoms with van der Waals surface area (Å²) in [4.78, 5) is 0. The van der Waals surface area contributed by atoms with E-state index in [0.717, 1.165) is 18.7 Å². The smallest absolute Gasteiger partial charge is 0.124 e. The van der Waals surface area contributed by atoms with Crippen molar-refractivity contribution in [2.75, 3.05) is 23.9 Å². The molecule has 1 aromatic carbocycles. The highest BCUT2D eigenvalue weighted by Crippen LogP contribution is 2.22. The summed E-state index contributed by atoms with van der Waals surface area (Å²) in [6.07, 6.45) is 4.39. The summed E-state index contributed by atoms with van der Waals surface area (Å²) in [6, 6.07) is 4.41. The predicted octanol–water partition coefficient (Wildman–Crippen LogP) is 4.03. The monoisotopic (exact) mass is 247 g/mol. The minimum Gasteiger partial charge on any atom is -0.384 e. The summed E-state index contributed by atoms with van der Waals surface area (Å²) in [5, 5.41) is 3.64. The van der Waals surface area contributed by atoms with Gasteiger partial charge in [0.15, 0.2) is 0 Å². The molecule has 1 N–H and O–H groups in total. The van der Waals surface area contributed by atoms with Crippen molar-refractivity contribution in [1.82, 2.24) is 0 Å². The molecular weight excluding hydrogens is 233 g/mol. The number of hydrogen-bond donors (Lipinski definition) is 1. The Morgan fingerprint density at radius 2 is 2.20 bits per heavy atom. The third kappa shape index (κ3) is 4.76. The van der Waals surface area contributed by atoms with E-state index in [-0.39, 0.29) is 5.82 Å². The molecule has 0 saturated heterocycles. The van der Waals surface area contributed by atoms with Crippen molar-refractivity contribution in [3.63, 3.8) is 0 Å². The van der Waals surface area contributed by atoms with Crippen LogP contribution in [0.5, 0.6) is 0 Å². The van der Waals surface area contributed by atoms with Crippen LogP contribution >= 0.6 is 23.4 Å². The van der Waals surface area contributed by atoms with Gasteiger partial charge in [0.05, 0.1) is 10.7 Å². The fraction of sp³-hybridized carbons (Fsp3) is 0.455. The Bertz CT molecular complexity index is 307. The van der Waals surface area contributed by atoms with Gasteiger partial charge < -0.3 is 5.32 Å². The van der Waals surface area contributed by atoms with Crippen LogP contribution in [0.1, 0.15) is 12.8 Å². The van der Waals surface area contributed by atoms with E-state index in [1.165, 1.54) is 24.3 Å². The molecule has 0 bridgehead atoms. The fourth-order valence-electron chi connectivity index (χ4n) is 1.23. The zero-order valence-corrected chi connectivity index (χ0v) is 10.3. The molecule has 0 unspecified atom stereocenters. The zero-order valence-electron chi connectivity index (χ0n) is 8.72. The minimum absolute atomic E-state index is 0.298. The molecule has 0 saturated carbocycles. The molecule has 1 aromatic rings. The molecule has 1 rings (SSSR count). The number of benzene rings is 1. The predicted molar refractivity (Wildman–Crippen MR) is 67.5 cm³/mol. The van der Waals surface area contributed by atoms with Gasteiger partial charge in [-0.15, -0.1) is 0 Å². The van der Waals surface area contributed by atoms with Crippen LogP contribution in [0.25, 0.3) is 0 Å². The lowest BCUT2D eigenvalue weighted by atomic mass is 10.3. The average Bonchev–Trinajstić information content (AvgIpc) is 2.20. The van der Waals surface area contributed by atoms with E-state index >= 15 is 0 Å². The number of rotatable bonds is 6. The van der Waals surface area contributed by atoms with Crippen molar-refractivity contribution in [2.24, 2.45) is 0 Å². The maximum absolute atomic E-state index is 12.7. The van der Waals surface area contributed by atoms with Gasteiger partial charge in [0.25, 0.3) is 0 Å². The summed E-state index contributed by atoms with van der Waals surface area (Å²) in [5.74, 6) is 0.881. The number of thioether (sulfide) groups is 1. The molecule has 0 atom stereocenters. The highest BCUT2D eigenvalue weighted by Gasteiger charge is 2.00. The summed E-state index contributed by atoms with van der Waals surface area (Å²) in [6.45, 7) is 0.881. The van der Waals surface area contributed by atoms with E-state index in [1.54, 1.807) is 6.07 Å². The molecule has 0 radical (unpaired) electrons. The van der Waals surface area contributed by atoms with E-state index in [4.69, 9.17) is 11.6 Å². The summed E-state index contributed by atoms with van der Waals surface area (Å²) >= 11 is 7.71. The average molecular weight is 248 g/mol. The van der Waals surface area contributed by atoms with Gasteiger partial charge in [0, 0.05) is 6.54 Å². The molecule has 84 valence electrons. The normalized spacial score (nSPS) is 10.3. The van der Waals surface area contributed by atoms with Gasteiger partial charge >= 0.3 is 0 Å². The molecule has 0 heterocycles. The van der Waals surface area contributed by atoms with Crippen LogP contribution in [-0.2, 0) is 0 Å². The van der Waals surface area contributed by atoms with Gasteiger partial charge in [-0.2, -0.15) is 11.8 Å². The van der Waals surface area contributed by atoms with Crippen molar-refractivity contribution in [3.05, 3.63) is 29.0 Å². The van der Waals surface area contributed by atoms with Gasteiger partial charge in [0.1, 0.15) is 5.82 Å². The van der Waals surface area contributed by atoms with Crippen LogP contribution in [0.15, 0.2) is 18.2 Å². The van der Waals surface area contributed by atoms with E-state index in [1.807, 2.05) is 11.8 Å². The molecule has 0 aliphatic rings. The fourth-order valence-corrected chi connectivity index (χ4v) is 1.95. The second-order valence-electron chi connectivity index (χ2n) is 3.25. The lowest BCUT2D eigenvalue weighted by Gasteiger charge is -2.07. The van der Waals surface area contributed by atoms with Crippen LogP contribution < -0.4 is 5.32 Å². The molecule has 1 nitrogen and oxygen atoms in total. The van der Waals surface area contributed by atoms with Gasteiger partial charge in [-0.05, 0) is 43.0 Å². The molecule has 0 fully saturated rings. The summed E-state index contributed by atoms with van der Waals surface area (Å²) in [7, 11) is 0. The maximum Gasteiger partial charge on any atom is 0.124 e. The van der Waals surface area contributed by atoms with E-state index in [0.29, 0.717) is 5.02 Å². The second-order valence-corrected chi connectivity index (χ2v) is 4.64. The lowest BCUT2D eigenvalue weighted by molar-refractivity contribution is 0.628. The van der Waals surface area contributed by atoms with Crippen molar-refractivity contribution in [3.8, 4) is 0 Å². The Morgan fingerprint density at radius 1 is 1.40 bits per heavy atom. The first-order valence-electron chi connectivity index (χ1n) is 4.92. The SMILES string of the molecule is CSCCCCNc1ccc(F)cc1Cl. The minimum atomic E-state index is -0.298. The molecule has 15 heavy (non-hydrogen) atoms. The number of halogens is 2. The first-order valence-corrected chi connectivity index (χ1v) is 6.69. The van der Waals surface area contributed by atoms with Gasteiger partial charge in [-0.25, -0.2) is 4.39 Å². The zero-order chi connectivity index (χ0) is 11.1. The number of anilines is 1. The Hall–Kier alpha value is -0.410. The topological polar surface area (TPSA) is 12.0 Å². The van der Waals surface area contributed by atoms with Crippen LogP contribution in [0.4, 0.5) is 10.1 Å². The molecule has 0 aliphatic carbocycles. The first kappa shape index (κ1) is 12.7.